The average Bonchev–Trinajstić information content (AvgIpc) is 2.80. The van der Waals surface area contributed by atoms with Crippen molar-refractivity contribution in [2.75, 3.05) is 13.1 Å². The Kier molecular flexibility index (Phi) is 7.87. The summed E-state index contributed by atoms with van der Waals surface area (Å²) in [6.07, 6.45) is 2.08. The van der Waals surface area contributed by atoms with E-state index in [-0.39, 0.29) is 42.7 Å². The first-order valence-corrected chi connectivity index (χ1v) is 11.4. The number of rotatable bonds is 8. The van der Waals surface area contributed by atoms with Gasteiger partial charge in [0.1, 0.15) is 11.4 Å². The molecule has 2 aromatic carbocycles. The molecule has 0 aliphatic carbocycles. The van der Waals surface area contributed by atoms with E-state index in [0.717, 1.165) is 0 Å². The summed E-state index contributed by atoms with van der Waals surface area (Å²) in [5.74, 6) is -0.792. The summed E-state index contributed by atoms with van der Waals surface area (Å²) in [7, 11) is 0. The lowest BCUT2D eigenvalue weighted by Crippen LogP contribution is -2.46. The molecular formula is C27H31FN2O4. The normalized spacial score (nSPS) is 11.4. The SMILES string of the molecule is CCCN(CC(=O)N(Cc1ccc(F)cc1)Cc1coc2ccccc2c1=O)C(=O)C(C)(C)C. The van der Waals surface area contributed by atoms with E-state index in [0.29, 0.717) is 35.1 Å². The van der Waals surface area contributed by atoms with Gasteiger partial charge in [0.2, 0.25) is 11.8 Å². The van der Waals surface area contributed by atoms with Crippen LogP contribution in [-0.2, 0) is 22.7 Å². The maximum Gasteiger partial charge on any atom is 0.242 e. The number of benzene rings is 2. The first-order chi connectivity index (χ1) is 16.1. The summed E-state index contributed by atoms with van der Waals surface area (Å²) in [5.41, 5.74) is 0.673. The van der Waals surface area contributed by atoms with E-state index in [2.05, 4.69) is 0 Å². The Morgan fingerprint density at radius 3 is 2.29 bits per heavy atom. The molecule has 0 saturated carbocycles. The lowest BCUT2D eigenvalue weighted by atomic mass is 9.94. The average molecular weight is 467 g/mol. The Balaban J connectivity index is 1.92. The molecule has 0 atom stereocenters. The second-order valence-corrected chi connectivity index (χ2v) is 9.44. The first kappa shape index (κ1) is 25.1. The van der Waals surface area contributed by atoms with Crippen LogP contribution in [-0.4, -0.2) is 34.7 Å². The van der Waals surface area contributed by atoms with Crippen LogP contribution in [0, 0.1) is 11.2 Å². The molecule has 0 bridgehead atoms. The summed E-state index contributed by atoms with van der Waals surface area (Å²) >= 11 is 0. The molecule has 1 aromatic heterocycles. The van der Waals surface area contributed by atoms with E-state index < -0.39 is 5.41 Å². The summed E-state index contributed by atoms with van der Waals surface area (Å²) in [6, 6.07) is 12.8. The van der Waals surface area contributed by atoms with E-state index >= 15 is 0 Å². The highest BCUT2D eigenvalue weighted by Gasteiger charge is 2.29. The fraction of sp³-hybridized carbons (Fsp3) is 0.370. The number of carbonyl (C=O) groups is 2. The fourth-order valence-corrected chi connectivity index (χ4v) is 3.74. The molecule has 0 aliphatic heterocycles. The largest absolute Gasteiger partial charge is 0.464 e. The molecule has 0 saturated heterocycles. The van der Waals surface area contributed by atoms with Gasteiger partial charge in [-0.3, -0.25) is 14.4 Å². The van der Waals surface area contributed by atoms with Crippen molar-refractivity contribution in [3.05, 3.63) is 82.0 Å². The first-order valence-electron chi connectivity index (χ1n) is 11.4. The van der Waals surface area contributed by atoms with Gasteiger partial charge in [-0.1, -0.05) is 52.0 Å². The van der Waals surface area contributed by atoms with E-state index in [1.807, 2.05) is 27.7 Å². The van der Waals surface area contributed by atoms with Gasteiger partial charge >= 0.3 is 0 Å². The van der Waals surface area contributed by atoms with Crippen LogP contribution in [0.15, 0.2) is 64.0 Å². The number of amides is 2. The Morgan fingerprint density at radius 1 is 0.971 bits per heavy atom. The Morgan fingerprint density at radius 2 is 1.65 bits per heavy atom. The van der Waals surface area contributed by atoms with Crippen LogP contribution in [0.3, 0.4) is 0 Å². The number of fused-ring (bicyclic) bond motifs is 1. The predicted molar refractivity (Wildman–Crippen MR) is 129 cm³/mol. The third-order valence-electron chi connectivity index (χ3n) is 5.50. The van der Waals surface area contributed by atoms with Crippen LogP contribution in [0.4, 0.5) is 4.39 Å². The number of carbonyl (C=O) groups excluding carboxylic acids is 2. The molecule has 0 fully saturated rings. The molecule has 3 rings (SSSR count). The van der Waals surface area contributed by atoms with Crippen molar-refractivity contribution in [3.63, 3.8) is 0 Å². The zero-order chi connectivity index (χ0) is 24.9. The van der Waals surface area contributed by atoms with E-state index in [4.69, 9.17) is 4.42 Å². The third kappa shape index (κ3) is 6.10. The van der Waals surface area contributed by atoms with E-state index in [1.165, 1.54) is 23.3 Å². The minimum absolute atomic E-state index is 0.00699. The van der Waals surface area contributed by atoms with Crippen LogP contribution in [0.1, 0.15) is 45.2 Å². The Hall–Kier alpha value is -3.48. The highest BCUT2D eigenvalue weighted by Crippen LogP contribution is 2.19. The van der Waals surface area contributed by atoms with Gasteiger partial charge in [-0.05, 0) is 36.2 Å². The predicted octanol–water partition coefficient (Wildman–Crippen LogP) is 4.75. The van der Waals surface area contributed by atoms with Crippen molar-refractivity contribution >= 4 is 22.8 Å². The zero-order valence-electron chi connectivity index (χ0n) is 20.1. The highest BCUT2D eigenvalue weighted by atomic mass is 19.1. The van der Waals surface area contributed by atoms with Crippen LogP contribution in [0.2, 0.25) is 0 Å². The molecule has 7 heteroatoms. The molecule has 0 aliphatic rings. The van der Waals surface area contributed by atoms with Gasteiger partial charge < -0.3 is 14.2 Å². The Labute approximate surface area is 199 Å². The fourth-order valence-electron chi connectivity index (χ4n) is 3.74. The number of nitrogens with zero attached hydrogens (tertiary/aromatic N) is 2. The molecule has 0 unspecified atom stereocenters. The summed E-state index contributed by atoms with van der Waals surface area (Å²) < 4.78 is 19.0. The van der Waals surface area contributed by atoms with Gasteiger partial charge in [-0.25, -0.2) is 4.39 Å². The molecule has 6 nitrogen and oxygen atoms in total. The third-order valence-corrected chi connectivity index (χ3v) is 5.50. The second-order valence-electron chi connectivity index (χ2n) is 9.44. The molecule has 1 heterocycles. The van der Waals surface area contributed by atoms with Crippen molar-refractivity contribution < 1.29 is 18.4 Å². The molecule has 0 N–H and O–H groups in total. The quantitative estimate of drug-likeness (QED) is 0.481. The summed E-state index contributed by atoms with van der Waals surface area (Å²) in [6.45, 7) is 7.91. The van der Waals surface area contributed by atoms with Crippen LogP contribution < -0.4 is 5.43 Å². The zero-order valence-corrected chi connectivity index (χ0v) is 20.1. The minimum Gasteiger partial charge on any atom is -0.464 e. The lowest BCUT2D eigenvalue weighted by Gasteiger charge is -2.31. The van der Waals surface area contributed by atoms with E-state index in [1.54, 1.807) is 41.3 Å². The van der Waals surface area contributed by atoms with Gasteiger partial charge in [-0.2, -0.15) is 0 Å². The number of hydrogen-bond acceptors (Lipinski definition) is 4. The number of halogens is 1. The number of para-hydroxylation sites is 1. The molecule has 0 spiro atoms. The van der Waals surface area contributed by atoms with Gasteiger partial charge in [0.05, 0.1) is 30.3 Å². The van der Waals surface area contributed by atoms with Crippen molar-refractivity contribution in [1.29, 1.82) is 0 Å². The van der Waals surface area contributed by atoms with Gasteiger partial charge in [-0.15, -0.1) is 0 Å². The second kappa shape index (κ2) is 10.6. The maximum atomic E-state index is 13.4. The van der Waals surface area contributed by atoms with Crippen molar-refractivity contribution in [3.8, 4) is 0 Å². The summed E-state index contributed by atoms with van der Waals surface area (Å²) in [4.78, 5) is 42.5. The standard InChI is InChI=1S/C27H31FN2O4/c1-5-14-29(26(33)27(2,3)4)17-24(31)30(15-19-10-12-21(28)13-11-19)16-20-18-34-23-9-7-6-8-22(23)25(20)32/h6-13,18H,5,14-17H2,1-4H3. The van der Waals surface area contributed by atoms with Gasteiger partial charge in [0.15, 0.2) is 5.43 Å². The molecule has 3 aromatic rings. The number of hydrogen-bond donors (Lipinski definition) is 0. The molecule has 180 valence electrons. The van der Waals surface area contributed by atoms with Crippen LogP contribution >= 0.6 is 0 Å². The molecule has 2 amide bonds. The highest BCUT2D eigenvalue weighted by molar-refractivity contribution is 5.87. The maximum absolute atomic E-state index is 13.4. The van der Waals surface area contributed by atoms with Gasteiger partial charge in [0.25, 0.3) is 0 Å². The van der Waals surface area contributed by atoms with E-state index in [9.17, 15) is 18.8 Å². The van der Waals surface area contributed by atoms with Crippen LogP contribution in [0.25, 0.3) is 11.0 Å². The summed E-state index contributed by atoms with van der Waals surface area (Å²) in [5, 5.41) is 0.435. The molecule has 0 radical (unpaired) electrons. The molecular weight excluding hydrogens is 435 g/mol. The van der Waals surface area contributed by atoms with Crippen molar-refractivity contribution in [1.82, 2.24) is 9.80 Å². The van der Waals surface area contributed by atoms with Crippen LogP contribution in [0.5, 0.6) is 0 Å². The smallest absolute Gasteiger partial charge is 0.242 e. The van der Waals surface area contributed by atoms with Crippen molar-refractivity contribution in [2.45, 2.75) is 47.2 Å². The Bertz CT molecular complexity index is 1210. The van der Waals surface area contributed by atoms with Gasteiger partial charge in [0, 0.05) is 18.5 Å². The lowest BCUT2D eigenvalue weighted by molar-refractivity contribution is -0.146. The topological polar surface area (TPSA) is 70.8 Å². The monoisotopic (exact) mass is 466 g/mol. The van der Waals surface area contributed by atoms with Crippen molar-refractivity contribution in [2.24, 2.45) is 5.41 Å². The molecule has 34 heavy (non-hydrogen) atoms. The minimum atomic E-state index is -0.628.